The molecular formula is C20H19N5O2. The van der Waals surface area contributed by atoms with Gasteiger partial charge < -0.3 is 10.4 Å². The number of nitrogen functional groups attached to an aromatic ring is 1. The van der Waals surface area contributed by atoms with Crippen molar-refractivity contribution in [2.75, 3.05) is 19.3 Å². The van der Waals surface area contributed by atoms with Gasteiger partial charge in [0.15, 0.2) is 6.07 Å². The first-order chi connectivity index (χ1) is 13.0. The van der Waals surface area contributed by atoms with Gasteiger partial charge in [0.25, 0.3) is 5.52 Å². The Balaban J connectivity index is 1.79. The Kier molecular flexibility index (Phi) is 5.20. The van der Waals surface area contributed by atoms with E-state index in [2.05, 4.69) is 11.0 Å². The third-order valence-electron chi connectivity index (χ3n) is 4.23. The lowest BCUT2D eigenvalue weighted by molar-refractivity contribution is -0.620. The van der Waals surface area contributed by atoms with Crippen molar-refractivity contribution in [2.24, 2.45) is 0 Å². The molecule has 1 aromatic heterocycles. The third kappa shape index (κ3) is 3.81. The average Bonchev–Trinajstić information content (AvgIpc) is 2.67. The second-order valence-corrected chi connectivity index (χ2v) is 6.27. The lowest BCUT2D eigenvalue weighted by atomic mass is 10.1. The summed E-state index contributed by atoms with van der Waals surface area (Å²) < 4.78 is 0.830. The summed E-state index contributed by atoms with van der Waals surface area (Å²) in [7, 11) is 1.96. The first-order valence-electron chi connectivity index (χ1n) is 8.38. The Morgan fingerprint density at radius 1 is 1.11 bits per heavy atom. The van der Waals surface area contributed by atoms with Gasteiger partial charge in [-0.05, 0) is 24.2 Å². The van der Waals surface area contributed by atoms with E-state index >= 15 is 0 Å². The Hall–Kier alpha value is -3.63. The summed E-state index contributed by atoms with van der Waals surface area (Å²) in [6.45, 7) is 1.30. The second kappa shape index (κ2) is 7.72. The van der Waals surface area contributed by atoms with Crippen LogP contribution in [0.25, 0.3) is 17.1 Å². The van der Waals surface area contributed by atoms with Crippen molar-refractivity contribution in [1.29, 1.82) is 5.26 Å². The molecule has 27 heavy (non-hydrogen) atoms. The van der Waals surface area contributed by atoms with Crippen molar-refractivity contribution in [2.45, 2.75) is 6.54 Å². The molecule has 0 fully saturated rings. The number of rotatable bonds is 5. The van der Waals surface area contributed by atoms with Gasteiger partial charge in [0, 0.05) is 19.2 Å². The van der Waals surface area contributed by atoms with Crippen LogP contribution in [-0.4, -0.2) is 18.5 Å². The number of fused-ring (bicyclic) bond motifs is 1. The molecule has 3 rings (SSSR count). The number of nitrogens with zero attached hydrogens (tertiary/aromatic N) is 4. The molecule has 0 atom stereocenters. The molecule has 0 aliphatic carbocycles. The van der Waals surface area contributed by atoms with Crippen LogP contribution in [0.15, 0.2) is 54.6 Å². The number of nitrogens with two attached hydrogens (primary N) is 1. The number of nitriles is 1. The van der Waals surface area contributed by atoms with Crippen molar-refractivity contribution < 1.29 is 9.46 Å². The van der Waals surface area contributed by atoms with Crippen LogP contribution in [0.4, 0.5) is 5.82 Å². The zero-order valence-corrected chi connectivity index (χ0v) is 14.9. The molecule has 0 aliphatic rings. The van der Waals surface area contributed by atoms with Crippen LogP contribution < -0.4 is 15.2 Å². The molecular weight excluding hydrogens is 342 g/mol. The Morgan fingerprint density at radius 2 is 1.85 bits per heavy atom. The highest BCUT2D eigenvalue weighted by Crippen LogP contribution is 2.14. The molecule has 0 aliphatic heterocycles. The van der Waals surface area contributed by atoms with Crippen LogP contribution in [0, 0.1) is 21.7 Å². The van der Waals surface area contributed by atoms with Crippen molar-refractivity contribution >= 4 is 22.9 Å². The summed E-state index contributed by atoms with van der Waals surface area (Å²) in [6.07, 6.45) is 4.11. The van der Waals surface area contributed by atoms with Crippen molar-refractivity contribution in [1.82, 2.24) is 4.90 Å². The van der Waals surface area contributed by atoms with Gasteiger partial charge in [0.05, 0.1) is 0 Å². The van der Waals surface area contributed by atoms with Gasteiger partial charge in [-0.25, -0.2) is 4.73 Å². The molecule has 1 heterocycles. The summed E-state index contributed by atoms with van der Waals surface area (Å²) >= 11 is 0. The number of hydrogen-bond acceptors (Lipinski definition) is 5. The smallest absolute Gasteiger partial charge is 0.385 e. The number of likely N-dealkylation sites (N-methyl/N-ethyl adjacent to an activating group) is 1. The molecule has 0 saturated carbocycles. The number of aromatic nitrogens is 2. The summed E-state index contributed by atoms with van der Waals surface area (Å²) in [6, 6.07) is 16.6. The molecule has 3 aromatic rings. The summed E-state index contributed by atoms with van der Waals surface area (Å²) in [5, 5.41) is 33.5. The molecule has 0 bridgehead atoms. The highest BCUT2D eigenvalue weighted by molar-refractivity contribution is 5.70. The minimum absolute atomic E-state index is 0.126. The minimum Gasteiger partial charge on any atom is -0.710 e. The molecule has 7 nitrogen and oxygen atoms in total. The van der Waals surface area contributed by atoms with Gasteiger partial charge in [0.2, 0.25) is 5.52 Å². The quantitative estimate of drug-likeness (QED) is 0.550. The molecule has 2 N–H and O–H groups in total. The highest BCUT2D eigenvalue weighted by atomic mass is 16.5. The van der Waals surface area contributed by atoms with Crippen LogP contribution in [0.2, 0.25) is 0 Å². The largest absolute Gasteiger partial charge is 0.710 e. The molecule has 0 amide bonds. The topological polar surface area (TPSA) is 107 Å². The van der Waals surface area contributed by atoms with E-state index in [-0.39, 0.29) is 11.0 Å². The van der Waals surface area contributed by atoms with Crippen LogP contribution in [0.5, 0.6) is 0 Å². The van der Waals surface area contributed by atoms with E-state index in [1.54, 1.807) is 24.3 Å². The van der Waals surface area contributed by atoms with E-state index in [1.807, 2.05) is 43.5 Å². The third-order valence-corrected chi connectivity index (χ3v) is 4.23. The van der Waals surface area contributed by atoms with E-state index in [0.29, 0.717) is 16.0 Å². The van der Waals surface area contributed by atoms with Gasteiger partial charge in [-0.15, -0.1) is 4.73 Å². The number of benzene rings is 2. The molecule has 0 saturated heterocycles. The van der Waals surface area contributed by atoms with E-state index in [1.165, 1.54) is 0 Å². The molecule has 7 heteroatoms. The normalized spacial score (nSPS) is 11.3. The molecule has 2 aromatic carbocycles. The first-order valence-corrected chi connectivity index (χ1v) is 8.38. The molecule has 136 valence electrons. The lowest BCUT2D eigenvalue weighted by Crippen LogP contribution is -2.43. The van der Waals surface area contributed by atoms with Gasteiger partial charge in [0.1, 0.15) is 0 Å². The maximum Gasteiger partial charge on any atom is 0.385 e. The monoisotopic (exact) mass is 361 g/mol. The highest BCUT2D eigenvalue weighted by Gasteiger charge is 2.23. The predicted octanol–water partition coefficient (Wildman–Crippen LogP) is 1.71. The minimum atomic E-state index is -0.395. The fraction of sp³-hybridized carbons (Fsp3) is 0.150. The number of anilines is 1. The van der Waals surface area contributed by atoms with Crippen molar-refractivity contribution in [3.05, 3.63) is 81.8 Å². The van der Waals surface area contributed by atoms with E-state index in [0.717, 1.165) is 17.7 Å². The second-order valence-electron chi connectivity index (χ2n) is 6.27. The predicted molar refractivity (Wildman–Crippen MR) is 103 cm³/mol. The van der Waals surface area contributed by atoms with Crippen LogP contribution >= 0.6 is 0 Å². The molecule has 0 spiro atoms. The Labute approximate surface area is 157 Å². The molecule has 0 radical (unpaired) electrons. The summed E-state index contributed by atoms with van der Waals surface area (Å²) in [5.74, 6) is -0.393. The standard InChI is InChI=1S/C20H19N5O2/c1-23(11-5-8-15-6-3-2-4-7-15)14-16-9-10-17-18(12-16)24(26)19(13-21)20(22)25(17)27/h2-10,12H,11,14,22H2,1H3/b8-5+. The zero-order valence-electron chi connectivity index (χ0n) is 14.9. The summed E-state index contributed by atoms with van der Waals surface area (Å²) in [4.78, 5) is 2.07. The Morgan fingerprint density at radius 3 is 2.56 bits per heavy atom. The van der Waals surface area contributed by atoms with Crippen LogP contribution in [-0.2, 0) is 6.54 Å². The van der Waals surface area contributed by atoms with Crippen LogP contribution in [0.1, 0.15) is 16.8 Å². The fourth-order valence-electron chi connectivity index (χ4n) is 2.86. The SMILES string of the molecule is CN(C/C=C/c1ccccc1)Cc1ccc2c(c1)[n+]([O-])c(C#N)c(N)[n+]2[O-]. The maximum atomic E-state index is 12.3. The van der Waals surface area contributed by atoms with Gasteiger partial charge in [-0.2, -0.15) is 5.26 Å². The summed E-state index contributed by atoms with van der Waals surface area (Å²) in [5.41, 5.74) is 7.43. The maximum absolute atomic E-state index is 12.3. The van der Waals surface area contributed by atoms with Gasteiger partial charge in [-0.1, -0.05) is 48.6 Å². The Bertz CT molecular complexity index is 1040. The van der Waals surface area contributed by atoms with E-state index in [4.69, 9.17) is 11.0 Å². The fourth-order valence-corrected chi connectivity index (χ4v) is 2.86. The van der Waals surface area contributed by atoms with Gasteiger partial charge in [-0.3, -0.25) is 10.6 Å². The van der Waals surface area contributed by atoms with Crippen molar-refractivity contribution in [3.63, 3.8) is 0 Å². The van der Waals surface area contributed by atoms with E-state index < -0.39 is 11.5 Å². The van der Waals surface area contributed by atoms with Crippen LogP contribution in [0.3, 0.4) is 0 Å². The number of hydrogen-bond donors (Lipinski definition) is 1. The average molecular weight is 361 g/mol. The lowest BCUT2D eigenvalue weighted by Gasteiger charge is -2.15. The van der Waals surface area contributed by atoms with E-state index in [9.17, 15) is 10.4 Å². The van der Waals surface area contributed by atoms with Gasteiger partial charge >= 0.3 is 11.5 Å². The molecule has 0 unspecified atom stereocenters. The first kappa shape index (κ1) is 18.2. The zero-order chi connectivity index (χ0) is 19.4. The van der Waals surface area contributed by atoms with Crippen molar-refractivity contribution in [3.8, 4) is 6.07 Å².